The molecule has 2 heterocycles. The number of carbonyl (C=O) groups excluding carboxylic acids is 1. The fraction of sp³-hybridized carbons (Fsp3) is 0.471. The topological polar surface area (TPSA) is 51.0 Å². The van der Waals surface area contributed by atoms with Crippen molar-refractivity contribution in [3.63, 3.8) is 0 Å². The molecule has 0 radical (unpaired) electrons. The summed E-state index contributed by atoms with van der Waals surface area (Å²) in [5, 5.41) is 8.07. The average Bonchev–Trinajstić information content (AvgIpc) is 3.02. The first-order chi connectivity index (χ1) is 11.2. The van der Waals surface area contributed by atoms with Crippen LogP contribution in [0.5, 0.6) is 0 Å². The minimum absolute atomic E-state index is 0.130. The first-order valence-electron chi connectivity index (χ1n) is 7.91. The molecule has 0 saturated carbocycles. The number of aromatic nitrogens is 3. The van der Waals surface area contributed by atoms with E-state index >= 15 is 0 Å². The summed E-state index contributed by atoms with van der Waals surface area (Å²) in [4.78, 5) is 15.0. The molecule has 0 bridgehead atoms. The molecule has 1 aliphatic heterocycles. The Morgan fingerprint density at radius 3 is 2.78 bits per heavy atom. The highest BCUT2D eigenvalue weighted by molar-refractivity contribution is 7.99. The van der Waals surface area contributed by atoms with Crippen LogP contribution in [0.25, 0.3) is 0 Å². The van der Waals surface area contributed by atoms with Gasteiger partial charge >= 0.3 is 0 Å². The Bertz CT molecular complexity index is 658. The van der Waals surface area contributed by atoms with Crippen molar-refractivity contribution in [1.29, 1.82) is 0 Å². The Morgan fingerprint density at radius 1 is 1.35 bits per heavy atom. The van der Waals surface area contributed by atoms with Gasteiger partial charge in [0.15, 0.2) is 0 Å². The van der Waals surface area contributed by atoms with Crippen LogP contribution in [0.4, 0.5) is 0 Å². The number of nitrogens with zero attached hydrogens (tertiary/aromatic N) is 4. The van der Waals surface area contributed by atoms with Gasteiger partial charge in [-0.25, -0.2) is 0 Å². The number of aryl methyl sites for hydroxylation is 1. The highest BCUT2D eigenvalue weighted by atomic mass is 32.2. The predicted octanol–water partition coefficient (Wildman–Crippen LogP) is 2.63. The first kappa shape index (κ1) is 16.1. The number of thioether (sulfide) groups is 1. The monoisotopic (exact) mass is 330 g/mol. The Labute approximate surface area is 141 Å². The van der Waals surface area contributed by atoms with Crippen molar-refractivity contribution >= 4 is 17.7 Å². The summed E-state index contributed by atoms with van der Waals surface area (Å²) < 4.78 is 1.96. The third-order valence-electron chi connectivity index (χ3n) is 4.41. The number of benzene rings is 1. The van der Waals surface area contributed by atoms with Gasteiger partial charge in [-0.15, -0.1) is 22.0 Å². The predicted molar refractivity (Wildman–Crippen MR) is 92.3 cm³/mol. The van der Waals surface area contributed by atoms with Gasteiger partial charge in [0.1, 0.15) is 17.4 Å². The Balaban J connectivity index is 1.75. The maximum Gasteiger partial charge on any atom is 0.240 e. The zero-order valence-electron chi connectivity index (χ0n) is 13.6. The van der Waals surface area contributed by atoms with Crippen molar-refractivity contribution in [1.82, 2.24) is 19.7 Å². The van der Waals surface area contributed by atoms with Crippen LogP contribution in [0, 0.1) is 0 Å². The van der Waals surface area contributed by atoms with Crippen molar-refractivity contribution in [3.8, 4) is 0 Å². The summed E-state index contributed by atoms with van der Waals surface area (Å²) in [5.41, 5.74) is 1.07. The Kier molecular flexibility index (Phi) is 5.00. The molecule has 3 rings (SSSR count). The van der Waals surface area contributed by atoms with Gasteiger partial charge in [-0.1, -0.05) is 30.3 Å². The number of hydrogen-bond acceptors (Lipinski definition) is 4. The second-order valence-electron chi connectivity index (χ2n) is 5.95. The molecule has 6 heteroatoms. The molecule has 1 aromatic heterocycles. The molecule has 1 amide bonds. The standard InChI is InChI=1S/C17H22N4OS/c1-20-12-18-19-16(20)14-9-6-10-21(11-14)17(22)15(23-2)13-7-4-3-5-8-13/h3-5,7-8,12,14-15H,6,9-11H2,1-2H3/t14-,15-/m0/s1. The molecule has 0 unspecified atom stereocenters. The summed E-state index contributed by atoms with van der Waals surface area (Å²) in [6.45, 7) is 1.56. The van der Waals surface area contributed by atoms with Gasteiger partial charge < -0.3 is 9.47 Å². The first-order valence-corrected chi connectivity index (χ1v) is 9.20. The van der Waals surface area contributed by atoms with Crippen LogP contribution in [-0.2, 0) is 11.8 Å². The fourth-order valence-corrected chi connectivity index (χ4v) is 4.00. The van der Waals surface area contributed by atoms with Gasteiger partial charge in [0.25, 0.3) is 0 Å². The molecule has 5 nitrogen and oxygen atoms in total. The van der Waals surface area contributed by atoms with Crippen molar-refractivity contribution in [2.75, 3.05) is 19.3 Å². The summed E-state index contributed by atoms with van der Waals surface area (Å²) >= 11 is 1.60. The average molecular weight is 330 g/mol. The molecule has 1 aromatic carbocycles. The van der Waals surface area contributed by atoms with Crippen LogP contribution in [0.15, 0.2) is 36.7 Å². The Morgan fingerprint density at radius 2 is 2.13 bits per heavy atom. The normalized spacial score (nSPS) is 19.6. The molecule has 23 heavy (non-hydrogen) atoms. The summed E-state index contributed by atoms with van der Waals surface area (Å²) in [5.74, 6) is 1.46. The minimum Gasteiger partial charge on any atom is -0.341 e. The van der Waals surface area contributed by atoms with Gasteiger partial charge in [0.05, 0.1) is 0 Å². The number of rotatable bonds is 4. The summed E-state index contributed by atoms with van der Waals surface area (Å²) in [6.07, 6.45) is 5.80. The van der Waals surface area contributed by atoms with Crippen LogP contribution in [0.1, 0.15) is 35.4 Å². The Hall–Kier alpha value is -1.82. The van der Waals surface area contributed by atoms with Crippen molar-refractivity contribution in [3.05, 3.63) is 48.0 Å². The van der Waals surface area contributed by atoms with Gasteiger partial charge in [0.2, 0.25) is 5.91 Å². The molecule has 122 valence electrons. The van der Waals surface area contributed by atoms with Crippen molar-refractivity contribution in [2.45, 2.75) is 24.0 Å². The van der Waals surface area contributed by atoms with Crippen molar-refractivity contribution in [2.24, 2.45) is 7.05 Å². The number of piperidine rings is 1. The highest BCUT2D eigenvalue weighted by Crippen LogP contribution is 2.32. The zero-order valence-corrected chi connectivity index (χ0v) is 14.4. The van der Waals surface area contributed by atoms with E-state index < -0.39 is 0 Å². The van der Waals surface area contributed by atoms with E-state index in [0.29, 0.717) is 0 Å². The molecular formula is C17H22N4OS. The SMILES string of the molecule is CS[C@H](C(=O)N1CCC[C@H](c2nncn2C)C1)c1ccccc1. The quantitative estimate of drug-likeness (QED) is 0.865. The molecule has 2 atom stereocenters. The maximum absolute atomic E-state index is 13.0. The van der Waals surface area contributed by atoms with E-state index in [1.165, 1.54) is 0 Å². The molecule has 0 N–H and O–H groups in total. The van der Waals surface area contributed by atoms with E-state index in [4.69, 9.17) is 0 Å². The lowest BCUT2D eigenvalue weighted by molar-refractivity contribution is -0.132. The van der Waals surface area contributed by atoms with Crippen LogP contribution >= 0.6 is 11.8 Å². The number of carbonyl (C=O) groups is 1. The van der Waals surface area contributed by atoms with Crippen LogP contribution in [-0.4, -0.2) is 44.9 Å². The van der Waals surface area contributed by atoms with Crippen LogP contribution in [0.2, 0.25) is 0 Å². The van der Waals surface area contributed by atoms with E-state index in [2.05, 4.69) is 10.2 Å². The molecule has 1 fully saturated rings. The van der Waals surface area contributed by atoms with E-state index in [1.807, 2.05) is 53.1 Å². The molecule has 0 spiro atoms. The van der Waals surface area contributed by atoms with Gasteiger partial charge in [-0.3, -0.25) is 4.79 Å². The highest BCUT2D eigenvalue weighted by Gasteiger charge is 2.31. The lowest BCUT2D eigenvalue weighted by Gasteiger charge is -2.34. The lowest BCUT2D eigenvalue weighted by Crippen LogP contribution is -2.41. The molecule has 1 aliphatic rings. The second-order valence-corrected chi connectivity index (χ2v) is 6.89. The third-order valence-corrected chi connectivity index (χ3v) is 5.35. The third kappa shape index (κ3) is 3.42. The van der Waals surface area contributed by atoms with E-state index in [1.54, 1.807) is 18.1 Å². The van der Waals surface area contributed by atoms with Crippen LogP contribution in [0.3, 0.4) is 0 Å². The fourth-order valence-electron chi connectivity index (χ4n) is 3.22. The van der Waals surface area contributed by atoms with E-state index in [-0.39, 0.29) is 17.1 Å². The maximum atomic E-state index is 13.0. The van der Waals surface area contributed by atoms with Gasteiger partial charge in [-0.05, 0) is 24.7 Å². The van der Waals surface area contributed by atoms with E-state index in [0.717, 1.165) is 37.3 Å². The van der Waals surface area contributed by atoms with Crippen molar-refractivity contribution < 1.29 is 4.79 Å². The van der Waals surface area contributed by atoms with Crippen LogP contribution < -0.4 is 0 Å². The molecule has 0 aliphatic carbocycles. The molecular weight excluding hydrogens is 308 g/mol. The molecule has 1 saturated heterocycles. The lowest BCUT2D eigenvalue weighted by atomic mass is 9.96. The molecule has 2 aromatic rings. The number of likely N-dealkylation sites (tertiary alicyclic amines) is 1. The minimum atomic E-state index is -0.130. The zero-order chi connectivity index (χ0) is 16.2. The smallest absolute Gasteiger partial charge is 0.240 e. The van der Waals surface area contributed by atoms with E-state index in [9.17, 15) is 4.79 Å². The van der Waals surface area contributed by atoms with Gasteiger partial charge in [0, 0.05) is 26.1 Å². The largest absolute Gasteiger partial charge is 0.341 e. The second kappa shape index (κ2) is 7.17. The number of hydrogen-bond donors (Lipinski definition) is 0. The summed E-state index contributed by atoms with van der Waals surface area (Å²) in [6, 6.07) is 10.0. The summed E-state index contributed by atoms with van der Waals surface area (Å²) in [7, 11) is 1.96. The van der Waals surface area contributed by atoms with Gasteiger partial charge in [-0.2, -0.15) is 0 Å². The number of amides is 1.